The van der Waals surface area contributed by atoms with Crippen LogP contribution in [0, 0.1) is 6.92 Å². The number of hydrogen-bond acceptors (Lipinski definition) is 3. The second kappa shape index (κ2) is 19.6. The number of aryl methyl sites for hydroxylation is 1. The number of rotatable bonds is 18. The van der Waals surface area contributed by atoms with Gasteiger partial charge in [0.25, 0.3) is 0 Å². The highest BCUT2D eigenvalue weighted by molar-refractivity contribution is 7.09. The zero-order valence-electron chi connectivity index (χ0n) is 23.7. The summed E-state index contributed by atoms with van der Waals surface area (Å²) in [5.74, 6) is 0.711. The Hall–Kier alpha value is -2.38. The molecule has 3 aromatic rings. The highest BCUT2D eigenvalue weighted by Gasteiger charge is 2.13. The molecular formula is C32H46BrN3O2S. The van der Waals surface area contributed by atoms with Crippen LogP contribution >= 0.6 is 11.3 Å². The summed E-state index contributed by atoms with van der Waals surface area (Å²) >= 11 is 1.71. The van der Waals surface area contributed by atoms with Gasteiger partial charge in [-0.25, -0.2) is 4.79 Å². The van der Waals surface area contributed by atoms with E-state index in [9.17, 15) is 4.79 Å². The van der Waals surface area contributed by atoms with E-state index in [0.717, 1.165) is 17.7 Å². The lowest BCUT2D eigenvalue weighted by Gasteiger charge is -2.14. The smallest absolute Gasteiger partial charge is 0.323 e. The maximum Gasteiger partial charge on any atom is 0.323 e. The van der Waals surface area contributed by atoms with Gasteiger partial charge in [0, 0.05) is 5.56 Å². The molecule has 0 aliphatic carbocycles. The van der Waals surface area contributed by atoms with Crippen molar-refractivity contribution in [3.05, 3.63) is 70.7 Å². The third kappa shape index (κ3) is 13.0. The topological polar surface area (TPSA) is 54.2 Å². The molecule has 0 unspecified atom stereocenters. The normalized spacial score (nSPS) is 10.6. The van der Waals surface area contributed by atoms with Gasteiger partial charge in [-0.2, -0.15) is 4.57 Å². The molecule has 0 radical (unpaired) electrons. The quantitative estimate of drug-likeness (QED) is 0.134. The summed E-state index contributed by atoms with van der Waals surface area (Å²) in [5.41, 5.74) is 4.64. The number of aromatic nitrogens is 1. The molecule has 0 atom stereocenters. The van der Waals surface area contributed by atoms with Crippen LogP contribution in [0.1, 0.15) is 94.4 Å². The summed E-state index contributed by atoms with van der Waals surface area (Å²) in [6.45, 7) is 5.74. The SMILES string of the molecule is CCCCCCCCCCCCCCOc1ccccc1NC(=O)Nc1ccccc1C[n+]1csc(C)c1.[Br-]. The number of amides is 2. The molecule has 2 amide bonds. The molecule has 3 rings (SSSR count). The lowest BCUT2D eigenvalue weighted by molar-refractivity contribution is -0.683. The number of nitrogens with zero attached hydrogens (tertiary/aromatic N) is 1. The number of thiazole rings is 1. The summed E-state index contributed by atoms with van der Waals surface area (Å²) in [4.78, 5) is 14.1. The average molecular weight is 617 g/mol. The van der Waals surface area contributed by atoms with E-state index in [2.05, 4.69) is 40.8 Å². The van der Waals surface area contributed by atoms with Crippen molar-refractivity contribution in [3.63, 3.8) is 0 Å². The molecule has 1 aromatic heterocycles. The highest BCUT2D eigenvalue weighted by atomic mass is 79.9. The van der Waals surface area contributed by atoms with Gasteiger partial charge in [0.1, 0.15) is 5.75 Å². The molecule has 0 bridgehead atoms. The fraction of sp³-hybridized carbons (Fsp3) is 0.500. The molecule has 0 aliphatic heterocycles. The van der Waals surface area contributed by atoms with Gasteiger partial charge in [-0.1, -0.05) is 119 Å². The minimum Gasteiger partial charge on any atom is -1.00 e. The van der Waals surface area contributed by atoms with Crippen LogP contribution < -0.4 is 36.9 Å². The third-order valence-corrected chi connectivity index (χ3v) is 7.58. The van der Waals surface area contributed by atoms with E-state index >= 15 is 0 Å². The van der Waals surface area contributed by atoms with Crippen LogP contribution in [0.25, 0.3) is 0 Å². The first-order chi connectivity index (χ1) is 18.7. The van der Waals surface area contributed by atoms with Crippen molar-refractivity contribution in [2.24, 2.45) is 0 Å². The molecule has 0 saturated carbocycles. The van der Waals surface area contributed by atoms with Gasteiger partial charge >= 0.3 is 6.03 Å². The predicted molar refractivity (Wildman–Crippen MR) is 160 cm³/mol. The lowest BCUT2D eigenvalue weighted by Crippen LogP contribution is -3.00. The van der Waals surface area contributed by atoms with E-state index in [-0.39, 0.29) is 23.0 Å². The number of ether oxygens (including phenoxy) is 1. The fourth-order valence-electron chi connectivity index (χ4n) is 4.60. The van der Waals surface area contributed by atoms with Gasteiger partial charge in [-0.3, -0.25) is 0 Å². The zero-order chi connectivity index (χ0) is 26.8. The highest BCUT2D eigenvalue weighted by Crippen LogP contribution is 2.25. The maximum atomic E-state index is 12.8. The summed E-state index contributed by atoms with van der Waals surface area (Å²) in [7, 11) is 0. The molecule has 0 saturated heterocycles. The Labute approximate surface area is 250 Å². The maximum absolute atomic E-state index is 12.8. The van der Waals surface area contributed by atoms with Gasteiger partial charge < -0.3 is 32.4 Å². The number of carbonyl (C=O) groups is 1. The zero-order valence-corrected chi connectivity index (χ0v) is 26.1. The number of unbranched alkanes of at least 4 members (excludes halogenated alkanes) is 11. The Morgan fingerprint density at radius 2 is 1.36 bits per heavy atom. The average Bonchev–Trinajstić information content (AvgIpc) is 3.33. The predicted octanol–water partition coefficient (Wildman–Crippen LogP) is 6.12. The van der Waals surface area contributed by atoms with Gasteiger partial charge in [0.2, 0.25) is 5.51 Å². The van der Waals surface area contributed by atoms with E-state index in [1.54, 1.807) is 11.3 Å². The van der Waals surface area contributed by atoms with Crippen LogP contribution in [0.4, 0.5) is 16.2 Å². The number of halogens is 1. The first-order valence-electron chi connectivity index (χ1n) is 14.5. The molecule has 2 aromatic carbocycles. The molecule has 214 valence electrons. The van der Waals surface area contributed by atoms with E-state index in [0.29, 0.717) is 24.6 Å². The monoisotopic (exact) mass is 615 g/mol. The summed E-state index contributed by atoms with van der Waals surface area (Å²) in [6.07, 6.45) is 18.0. The van der Waals surface area contributed by atoms with Crippen molar-refractivity contribution >= 4 is 28.7 Å². The molecule has 2 N–H and O–H groups in total. The van der Waals surface area contributed by atoms with E-state index in [1.807, 2.05) is 48.5 Å². The van der Waals surface area contributed by atoms with Crippen LogP contribution in [0.5, 0.6) is 5.75 Å². The molecule has 0 aliphatic rings. The minimum atomic E-state index is -0.273. The third-order valence-electron chi connectivity index (χ3n) is 6.73. The van der Waals surface area contributed by atoms with Crippen LogP contribution in [0.2, 0.25) is 0 Å². The van der Waals surface area contributed by atoms with Crippen LogP contribution in [0.15, 0.2) is 60.2 Å². The van der Waals surface area contributed by atoms with Crippen LogP contribution in [0.3, 0.4) is 0 Å². The number of hydrogen-bond donors (Lipinski definition) is 2. The van der Waals surface area contributed by atoms with Crippen molar-refractivity contribution < 1.29 is 31.1 Å². The number of benzene rings is 2. The van der Waals surface area contributed by atoms with Crippen molar-refractivity contribution in [2.75, 3.05) is 17.2 Å². The van der Waals surface area contributed by atoms with Crippen molar-refractivity contribution in [3.8, 4) is 5.75 Å². The second-order valence-electron chi connectivity index (χ2n) is 10.1. The summed E-state index contributed by atoms with van der Waals surface area (Å²) < 4.78 is 8.18. The molecular weight excluding hydrogens is 570 g/mol. The number of carbonyl (C=O) groups excluding carboxylic acids is 1. The van der Waals surface area contributed by atoms with Crippen molar-refractivity contribution in [1.29, 1.82) is 0 Å². The fourth-order valence-corrected chi connectivity index (χ4v) is 5.24. The second-order valence-corrected chi connectivity index (χ2v) is 11.2. The first kappa shape index (κ1) is 32.8. The Morgan fingerprint density at radius 3 is 2.00 bits per heavy atom. The molecule has 0 spiro atoms. The van der Waals surface area contributed by atoms with E-state index < -0.39 is 0 Å². The van der Waals surface area contributed by atoms with Crippen molar-refractivity contribution in [2.45, 2.75) is 97.4 Å². The van der Waals surface area contributed by atoms with Crippen LogP contribution in [-0.2, 0) is 6.54 Å². The number of nitrogens with one attached hydrogen (secondary N) is 2. The first-order valence-corrected chi connectivity index (χ1v) is 15.4. The number of urea groups is 1. The van der Waals surface area contributed by atoms with E-state index in [4.69, 9.17) is 4.74 Å². The van der Waals surface area contributed by atoms with Gasteiger partial charge in [0.15, 0.2) is 12.7 Å². The lowest BCUT2D eigenvalue weighted by atomic mass is 10.1. The minimum absolute atomic E-state index is 0. The molecule has 39 heavy (non-hydrogen) atoms. The molecule has 1 heterocycles. The molecule has 0 fully saturated rings. The molecule has 5 nitrogen and oxygen atoms in total. The largest absolute Gasteiger partial charge is 1.00 e. The Bertz CT molecular complexity index is 1090. The van der Waals surface area contributed by atoms with Crippen LogP contribution in [-0.4, -0.2) is 12.6 Å². The van der Waals surface area contributed by atoms with Gasteiger partial charge in [0.05, 0.1) is 22.9 Å². The summed E-state index contributed by atoms with van der Waals surface area (Å²) in [5, 5.41) is 5.99. The molecule has 7 heteroatoms. The standard InChI is InChI=1S/C32H45N3O2S.BrH/c1-3-4-5-6-7-8-9-10-11-12-13-18-23-37-31-22-17-16-21-30(31)34-32(36)33-29-20-15-14-19-28(29)25-35-24-27(2)38-26-35;/h14-17,19-22,24,26H,3-13,18,23,25H2,1-2H3,(H-,33,34,36);1H. The number of anilines is 2. The van der Waals surface area contributed by atoms with Gasteiger partial charge in [-0.15, -0.1) is 0 Å². The Kier molecular flexibility index (Phi) is 16.5. The number of para-hydroxylation sites is 3. The summed E-state index contributed by atoms with van der Waals surface area (Å²) in [6, 6.07) is 15.3. The Morgan fingerprint density at radius 1 is 0.795 bits per heavy atom. The van der Waals surface area contributed by atoms with Crippen molar-refractivity contribution in [1.82, 2.24) is 0 Å². The Balaban J connectivity index is 0.00000533. The van der Waals surface area contributed by atoms with E-state index in [1.165, 1.54) is 75.5 Å². The van der Waals surface area contributed by atoms with Gasteiger partial charge in [-0.05, 0) is 31.5 Å².